The Morgan fingerprint density at radius 1 is 1.47 bits per heavy atom. The van der Waals surface area contributed by atoms with Crippen LogP contribution in [0.5, 0.6) is 0 Å². The Kier molecular flexibility index (Phi) is 4.07. The van der Waals surface area contributed by atoms with Crippen molar-refractivity contribution in [2.75, 3.05) is 0 Å². The molecule has 1 heterocycles. The number of hydrogen-bond donors (Lipinski definition) is 1. The molecule has 0 saturated heterocycles. The predicted molar refractivity (Wildman–Crippen MR) is 64.8 cm³/mol. The highest BCUT2D eigenvalue weighted by atomic mass is 32.2. The molecule has 2 rings (SSSR count). The molecule has 2 N–H and O–H groups in total. The van der Waals surface area contributed by atoms with Crippen LogP contribution in [0.1, 0.15) is 11.5 Å². The van der Waals surface area contributed by atoms with E-state index in [0.717, 1.165) is 30.0 Å². The van der Waals surface area contributed by atoms with E-state index in [2.05, 4.69) is 10.2 Å². The molecule has 1 aromatic heterocycles. The quantitative estimate of drug-likeness (QED) is 0.507. The maximum Gasteiger partial charge on any atom is 0.276 e. The predicted octanol–water partition coefficient (Wildman–Crippen LogP) is 1.87. The van der Waals surface area contributed by atoms with E-state index in [1.54, 1.807) is 0 Å². The topological polar surface area (TPSA) is 108 Å². The number of hydrogen-bond acceptors (Lipinski definition) is 7. The van der Waals surface area contributed by atoms with Crippen LogP contribution >= 0.6 is 11.8 Å². The number of benzene rings is 1. The summed E-state index contributed by atoms with van der Waals surface area (Å²) in [5.41, 5.74) is 5.42. The molecule has 1 aromatic carbocycles. The molecule has 100 valence electrons. The maximum atomic E-state index is 13.1. The fourth-order valence-electron chi connectivity index (χ4n) is 1.37. The summed E-state index contributed by atoms with van der Waals surface area (Å²) in [4.78, 5) is 10.2. The highest BCUT2D eigenvalue weighted by molar-refractivity contribution is 7.98. The Morgan fingerprint density at radius 3 is 2.89 bits per heavy atom. The van der Waals surface area contributed by atoms with Gasteiger partial charge in [-0.2, -0.15) is 0 Å². The van der Waals surface area contributed by atoms with E-state index >= 15 is 0 Å². The number of nitrogens with two attached hydrogens (primary N) is 1. The number of nitro groups is 1. The van der Waals surface area contributed by atoms with Gasteiger partial charge in [0.15, 0.2) is 0 Å². The number of thioether (sulfide) groups is 1. The monoisotopic (exact) mass is 284 g/mol. The molecule has 19 heavy (non-hydrogen) atoms. The molecule has 0 saturated carbocycles. The largest absolute Gasteiger partial charge is 0.415 e. The molecule has 7 nitrogen and oxygen atoms in total. The first kappa shape index (κ1) is 13.4. The molecular weight excluding hydrogens is 275 g/mol. The van der Waals surface area contributed by atoms with Gasteiger partial charge in [0.05, 0.1) is 11.5 Å². The molecule has 0 atom stereocenters. The van der Waals surface area contributed by atoms with Crippen LogP contribution in [0.2, 0.25) is 0 Å². The summed E-state index contributed by atoms with van der Waals surface area (Å²) in [7, 11) is 0. The molecule has 0 fully saturated rings. The van der Waals surface area contributed by atoms with E-state index < -0.39 is 10.7 Å². The van der Waals surface area contributed by atoms with Crippen molar-refractivity contribution in [3.63, 3.8) is 0 Å². The Balaban J connectivity index is 2.14. The third-order valence-corrected chi connectivity index (χ3v) is 3.08. The Bertz CT molecular complexity index is 604. The van der Waals surface area contributed by atoms with Crippen LogP contribution in [-0.2, 0) is 12.3 Å². The van der Waals surface area contributed by atoms with Crippen molar-refractivity contribution < 1.29 is 13.7 Å². The summed E-state index contributed by atoms with van der Waals surface area (Å²) in [6, 6.07) is 3.29. The first-order chi connectivity index (χ1) is 9.10. The second-order valence-electron chi connectivity index (χ2n) is 3.48. The lowest BCUT2D eigenvalue weighted by molar-refractivity contribution is -0.385. The minimum atomic E-state index is -0.561. The second-order valence-corrected chi connectivity index (χ2v) is 4.41. The standard InChI is InChI=1S/C10H9FN4O3S/c11-7-1-2-8(15(16)17)6(3-7)5-19-10-14-13-9(4-12)18-10/h1-3H,4-5,12H2. The van der Waals surface area contributed by atoms with Gasteiger partial charge in [0.1, 0.15) is 5.82 Å². The molecule has 0 amide bonds. The third-order valence-electron chi connectivity index (χ3n) is 2.21. The van der Waals surface area contributed by atoms with Crippen molar-refractivity contribution in [1.82, 2.24) is 10.2 Å². The first-order valence-corrected chi connectivity index (χ1v) is 6.16. The third kappa shape index (κ3) is 3.26. The van der Waals surface area contributed by atoms with Crippen LogP contribution in [0, 0.1) is 15.9 Å². The van der Waals surface area contributed by atoms with Gasteiger partial charge in [-0.15, -0.1) is 10.2 Å². The fourth-order valence-corrected chi connectivity index (χ4v) is 2.13. The summed E-state index contributed by atoms with van der Waals surface area (Å²) in [5, 5.41) is 18.4. The summed E-state index contributed by atoms with van der Waals surface area (Å²) < 4.78 is 18.2. The average Bonchev–Trinajstić information content (AvgIpc) is 2.84. The zero-order chi connectivity index (χ0) is 13.8. The number of aromatic nitrogens is 2. The minimum absolute atomic E-state index is 0.119. The SMILES string of the molecule is NCc1nnc(SCc2cc(F)ccc2[N+](=O)[O-])o1. The van der Waals surface area contributed by atoms with E-state index in [0.29, 0.717) is 0 Å². The molecule has 0 unspecified atom stereocenters. The molecule has 0 radical (unpaired) electrons. The summed E-state index contributed by atoms with van der Waals surface area (Å²) in [6.07, 6.45) is 0. The summed E-state index contributed by atoms with van der Waals surface area (Å²) in [5.74, 6) is -0.106. The van der Waals surface area contributed by atoms with E-state index in [4.69, 9.17) is 10.2 Å². The normalized spacial score (nSPS) is 10.6. The second kappa shape index (κ2) is 5.76. The van der Waals surface area contributed by atoms with Gasteiger partial charge in [-0.1, -0.05) is 11.8 Å². The number of halogens is 1. The van der Waals surface area contributed by atoms with Crippen molar-refractivity contribution in [3.8, 4) is 0 Å². The van der Waals surface area contributed by atoms with Gasteiger partial charge >= 0.3 is 0 Å². The lowest BCUT2D eigenvalue weighted by Crippen LogP contribution is -1.95. The average molecular weight is 284 g/mol. The van der Waals surface area contributed by atoms with Crippen molar-refractivity contribution in [2.45, 2.75) is 17.5 Å². The van der Waals surface area contributed by atoms with Crippen molar-refractivity contribution >= 4 is 17.4 Å². The molecule has 0 aliphatic carbocycles. The Morgan fingerprint density at radius 2 is 2.26 bits per heavy atom. The molecule has 2 aromatic rings. The van der Waals surface area contributed by atoms with Gasteiger partial charge in [-0.3, -0.25) is 10.1 Å². The highest BCUT2D eigenvalue weighted by Gasteiger charge is 2.16. The number of nitro benzene ring substituents is 1. The highest BCUT2D eigenvalue weighted by Crippen LogP contribution is 2.27. The summed E-state index contributed by atoms with van der Waals surface area (Å²) in [6.45, 7) is 0.119. The van der Waals surface area contributed by atoms with Gasteiger partial charge < -0.3 is 10.2 Å². The lowest BCUT2D eigenvalue weighted by atomic mass is 10.2. The van der Waals surface area contributed by atoms with Crippen molar-refractivity contribution in [2.24, 2.45) is 5.73 Å². The van der Waals surface area contributed by atoms with Crippen LogP contribution in [0.25, 0.3) is 0 Å². The van der Waals surface area contributed by atoms with Crippen LogP contribution in [0.3, 0.4) is 0 Å². The molecule has 0 aliphatic heterocycles. The van der Waals surface area contributed by atoms with E-state index in [1.807, 2.05) is 0 Å². The molecule has 0 spiro atoms. The van der Waals surface area contributed by atoms with Gasteiger partial charge in [0, 0.05) is 17.4 Å². The molecule has 9 heteroatoms. The fraction of sp³-hybridized carbons (Fsp3) is 0.200. The number of nitrogens with zero attached hydrogens (tertiary/aromatic N) is 3. The smallest absolute Gasteiger partial charge is 0.276 e. The van der Waals surface area contributed by atoms with Crippen LogP contribution in [-0.4, -0.2) is 15.1 Å². The van der Waals surface area contributed by atoms with Crippen molar-refractivity contribution in [3.05, 3.63) is 45.6 Å². The van der Waals surface area contributed by atoms with E-state index in [9.17, 15) is 14.5 Å². The molecule has 0 bridgehead atoms. The lowest BCUT2D eigenvalue weighted by Gasteiger charge is -2.00. The van der Waals surface area contributed by atoms with Crippen molar-refractivity contribution in [1.29, 1.82) is 0 Å². The summed E-state index contributed by atoms with van der Waals surface area (Å²) >= 11 is 1.08. The van der Waals surface area contributed by atoms with Crippen LogP contribution < -0.4 is 5.73 Å². The zero-order valence-electron chi connectivity index (χ0n) is 9.58. The van der Waals surface area contributed by atoms with Crippen LogP contribution in [0.15, 0.2) is 27.8 Å². The van der Waals surface area contributed by atoms with Gasteiger partial charge in [-0.05, 0) is 12.1 Å². The Hall–Kier alpha value is -2.00. The minimum Gasteiger partial charge on any atom is -0.415 e. The molecule has 0 aliphatic rings. The maximum absolute atomic E-state index is 13.1. The zero-order valence-corrected chi connectivity index (χ0v) is 10.4. The van der Waals surface area contributed by atoms with Gasteiger partial charge in [-0.25, -0.2) is 4.39 Å². The number of rotatable bonds is 5. The van der Waals surface area contributed by atoms with Gasteiger partial charge in [0.2, 0.25) is 5.89 Å². The van der Waals surface area contributed by atoms with E-state index in [1.165, 1.54) is 0 Å². The van der Waals surface area contributed by atoms with Crippen LogP contribution in [0.4, 0.5) is 10.1 Å². The Labute approximate surface area is 111 Å². The molecular formula is C10H9FN4O3S. The van der Waals surface area contributed by atoms with E-state index in [-0.39, 0.29) is 34.7 Å². The first-order valence-electron chi connectivity index (χ1n) is 5.18. The van der Waals surface area contributed by atoms with Gasteiger partial charge in [0.25, 0.3) is 10.9 Å².